The van der Waals surface area contributed by atoms with Crippen LogP contribution in [-0.4, -0.2) is 45.1 Å². The Morgan fingerprint density at radius 3 is 1.55 bits per heavy atom. The molecule has 0 bridgehead atoms. The first-order valence-electron chi connectivity index (χ1n) is 2.56. The molecule has 7 heteroatoms. The highest BCUT2D eigenvalue weighted by molar-refractivity contribution is 7.95. The third kappa shape index (κ3) is 3.56. The molecule has 64 valence electrons. The largest absolute Gasteiger partial charge is 0.464 e. The Kier molecular flexibility index (Phi) is 3.52. The van der Waals surface area contributed by atoms with Crippen LogP contribution in [0.5, 0.6) is 0 Å². The molecule has 0 aromatic heterocycles. The summed E-state index contributed by atoms with van der Waals surface area (Å²) in [6, 6.07) is 0. The monoisotopic (exact) mass is 180 g/mol. The summed E-state index contributed by atoms with van der Waals surface area (Å²) in [5.74, 6) is 0. The average molecular weight is 180 g/mol. The predicted octanol–water partition coefficient (Wildman–Crippen LogP) is 0.769. The van der Waals surface area contributed by atoms with Gasteiger partial charge in [0.2, 0.25) is 0 Å². The lowest BCUT2D eigenvalue weighted by atomic mass is 11.1. The fraction of sp³-hybridized carbons (Fsp3) is 0.500. The van der Waals surface area contributed by atoms with Crippen molar-refractivity contribution in [3.63, 3.8) is 0 Å². The Bertz CT molecular complexity index is 155. The van der Waals surface area contributed by atoms with Gasteiger partial charge in [0.15, 0.2) is 0 Å². The molecule has 0 aliphatic rings. The Balaban J connectivity index is 3.84. The zero-order valence-corrected chi connectivity index (χ0v) is 6.83. The van der Waals surface area contributed by atoms with Gasteiger partial charge >= 0.3 is 12.2 Å². The van der Waals surface area contributed by atoms with Gasteiger partial charge in [0.1, 0.15) is 0 Å². The summed E-state index contributed by atoms with van der Waals surface area (Å²) in [5, 5.41) is 16.6. The van der Waals surface area contributed by atoms with Crippen LogP contribution in [-0.2, 0) is 0 Å². The van der Waals surface area contributed by atoms with Gasteiger partial charge in [0.05, 0.1) is 12.1 Å². The Morgan fingerprint density at radius 1 is 1.09 bits per heavy atom. The highest BCUT2D eigenvalue weighted by atomic mass is 32.2. The molecule has 11 heavy (non-hydrogen) atoms. The highest BCUT2D eigenvalue weighted by Gasteiger charge is 2.13. The van der Waals surface area contributed by atoms with Crippen LogP contribution in [0.15, 0.2) is 0 Å². The van der Waals surface area contributed by atoms with Crippen LogP contribution in [0.3, 0.4) is 0 Å². The fourth-order valence-corrected chi connectivity index (χ4v) is 0.761. The molecule has 0 heterocycles. The first-order chi connectivity index (χ1) is 4.95. The Hall–Kier alpha value is -1.11. The maximum Gasteiger partial charge on any atom is 0.418 e. The lowest BCUT2D eigenvalue weighted by molar-refractivity contribution is 0.175. The van der Waals surface area contributed by atoms with Crippen LogP contribution in [0, 0.1) is 0 Å². The zero-order valence-electron chi connectivity index (χ0n) is 6.01. The van der Waals surface area contributed by atoms with E-state index < -0.39 is 12.2 Å². The van der Waals surface area contributed by atoms with Crippen LogP contribution < -0.4 is 0 Å². The van der Waals surface area contributed by atoms with Crippen LogP contribution >= 0.6 is 12.1 Å². The van der Waals surface area contributed by atoms with Gasteiger partial charge in [0.25, 0.3) is 0 Å². The maximum absolute atomic E-state index is 10.1. The van der Waals surface area contributed by atoms with E-state index in [2.05, 4.69) is 0 Å². The molecule has 0 spiro atoms. The van der Waals surface area contributed by atoms with Crippen molar-refractivity contribution in [3.8, 4) is 0 Å². The van der Waals surface area contributed by atoms with Gasteiger partial charge in [-0.15, -0.1) is 0 Å². The summed E-state index contributed by atoms with van der Waals surface area (Å²) in [7, 11) is 2.51. The summed E-state index contributed by atoms with van der Waals surface area (Å²) >= 11 is 0.583. The number of carboxylic acid groups (broad SMARTS) is 2. The molecule has 0 aromatic rings. The van der Waals surface area contributed by atoms with Crippen LogP contribution in [0.2, 0.25) is 0 Å². The quantitative estimate of drug-likeness (QED) is 0.613. The number of hydrogen-bond donors (Lipinski definition) is 2. The minimum absolute atomic E-state index is 0.583. The summed E-state index contributed by atoms with van der Waals surface area (Å²) in [6.45, 7) is 0. The van der Waals surface area contributed by atoms with Crippen molar-refractivity contribution < 1.29 is 19.8 Å². The molecule has 0 fully saturated rings. The van der Waals surface area contributed by atoms with Gasteiger partial charge < -0.3 is 10.2 Å². The van der Waals surface area contributed by atoms with Crippen molar-refractivity contribution in [2.45, 2.75) is 0 Å². The van der Waals surface area contributed by atoms with E-state index in [1.54, 1.807) is 0 Å². The van der Waals surface area contributed by atoms with Crippen molar-refractivity contribution in [2.75, 3.05) is 14.1 Å². The number of nitrogens with zero attached hydrogens (tertiary/aromatic N) is 2. The van der Waals surface area contributed by atoms with E-state index in [1.807, 2.05) is 0 Å². The molecular weight excluding hydrogens is 172 g/mol. The van der Waals surface area contributed by atoms with Crippen molar-refractivity contribution in [1.82, 2.24) is 8.61 Å². The SMILES string of the molecule is CN(SN(C)C(=O)O)C(=O)O. The zero-order chi connectivity index (χ0) is 9.02. The van der Waals surface area contributed by atoms with Crippen molar-refractivity contribution in [1.29, 1.82) is 0 Å². The van der Waals surface area contributed by atoms with Gasteiger partial charge in [-0.1, -0.05) is 0 Å². The second kappa shape index (κ2) is 3.91. The fourth-order valence-electron chi connectivity index (χ4n) is 0.254. The molecule has 0 aliphatic carbocycles. The highest BCUT2D eigenvalue weighted by Crippen LogP contribution is 2.10. The third-order valence-corrected chi connectivity index (χ3v) is 1.59. The van der Waals surface area contributed by atoms with Crippen molar-refractivity contribution >= 4 is 24.3 Å². The molecule has 0 aliphatic heterocycles. The minimum atomic E-state index is -1.19. The van der Waals surface area contributed by atoms with Gasteiger partial charge in [0, 0.05) is 14.1 Å². The van der Waals surface area contributed by atoms with Gasteiger partial charge in [-0.3, -0.25) is 0 Å². The van der Waals surface area contributed by atoms with E-state index in [4.69, 9.17) is 10.2 Å². The standard InChI is InChI=1S/C4H8N2O4S/c1-5(3(7)8)11-6(2)4(9)10/h1-2H3,(H,7,8)(H,9,10). The van der Waals surface area contributed by atoms with Gasteiger partial charge in [-0.05, 0) is 0 Å². The summed E-state index contributed by atoms with van der Waals surface area (Å²) in [6.07, 6.45) is -2.38. The molecule has 0 radical (unpaired) electrons. The second-order valence-corrected chi connectivity index (χ2v) is 2.90. The number of rotatable bonds is 2. The smallest absolute Gasteiger partial charge is 0.418 e. The van der Waals surface area contributed by atoms with E-state index in [9.17, 15) is 9.59 Å². The summed E-state index contributed by atoms with van der Waals surface area (Å²) in [5.41, 5.74) is 0. The molecule has 0 unspecified atom stereocenters. The topological polar surface area (TPSA) is 81.1 Å². The number of amides is 2. The number of carbonyl (C=O) groups is 2. The summed E-state index contributed by atoms with van der Waals surface area (Å²) in [4.78, 5) is 20.3. The first-order valence-corrected chi connectivity index (χ1v) is 3.29. The second-order valence-electron chi connectivity index (χ2n) is 1.64. The molecule has 0 saturated carbocycles. The van der Waals surface area contributed by atoms with E-state index in [0.717, 1.165) is 8.61 Å². The van der Waals surface area contributed by atoms with E-state index in [1.165, 1.54) is 14.1 Å². The lowest BCUT2D eigenvalue weighted by Gasteiger charge is -2.16. The van der Waals surface area contributed by atoms with Crippen LogP contribution in [0.4, 0.5) is 9.59 Å². The maximum atomic E-state index is 10.1. The Morgan fingerprint density at radius 2 is 1.36 bits per heavy atom. The molecule has 2 amide bonds. The van der Waals surface area contributed by atoms with E-state index in [-0.39, 0.29) is 0 Å². The van der Waals surface area contributed by atoms with Gasteiger partial charge in [-0.2, -0.15) is 0 Å². The van der Waals surface area contributed by atoms with Crippen molar-refractivity contribution in [3.05, 3.63) is 0 Å². The third-order valence-electron chi connectivity index (χ3n) is 0.784. The molecule has 2 N–H and O–H groups in total. The average Bonchev–Trinajstić information content (AvgIpc) is 1.87. The predicted molar refractivity (Wildman–Crippen MR) is 39.2 cm³/mol. The molecular formula is C4H8N2O4S. The molecule has 0 aromatic carbocycles. The lowest BCUT2D eigenvalue weighted by Crippen LogP contribution is -2.26. The molecule has 0 rings (SSSR count). The minimum Gasteiger partial charge on any atom is -0.464 e. The Labute approximate surface area is 67.7 Å². The summed E-state index contributed by atoms with van der Waals surface area (Å²) < 4.78 is 1.57. The van der Waals surface area contributed by atoms with Crippen LogP contribution in [0.1, 0.15) is 0 Å². The van der Waals surface area contributed by atoms with Crippen LogP contribution in [0.25, 0.3) is 0 Å². The molecule has 6 nitrogen and oxygen atoms in total. The van der Waals surface area contributed by atoms with E-state index in [0.29, 0.717) is 12.1 Å². The number of hydrogen-bond acceptors (Lipinski definition) is 3. The molecule has 0 atom stereocenters. The molecule has 0 saturated heterocycles. The first kappa shape index (κ1) is 9.89. The van der Waals surface area contributed by atoms with Gasteiger partial charge in [-0.25, -0.2) is 18.2 Å². The normalized spacial score (nSPS) is 8.91. The van der Waals surface area contributed by atoms with E-state index >= 15 is 0 Å². The van der Waals surface area contributed by atoms with Crippen molar-refractivity contribution in [2.24, 2.45) is 0 Å².